The van der Waals surface area contributed by atoms with Gasteiger partial charge >= 0.3 is 5.97 Å². The molecule has 1 aromatic rings. The Hall–Kier alpha value is -2.77. The average Bonchev–Trinajstić information content (AvgIpc) is 3.19. The van der Waals surface area contributed by atoms with Crippen molar-refractivity contribution in [1.29, 1.82) is 0 Å². The molecular formula is C17H23N5O6S2. The van der Waals surface area contributed by atoms with E-state index in [1.54, 1.807) is 12.1 Å². The summed E-state index contributed by atoms with van der Waals surface area (Å²) in [5.41, 5.74) is 0. The van der Waals surface area contributed by atoms with E-state index in [-0.39, 0.29) is 12.3 Å². The lowest BCUT2D eigenvalue weighted by atomic mass is 10.2. The maximum absolute atomic E-state index is 12.2. The zero-order valence-corrected chi connectivity index (χ0v) is 17.6. The van der Waals surface area contributed by atoms with Gasteiger partial charge in [0.1, 0.15) is 6.04 Å². The van der Waals surface area contributed by atoms with E-state index < -0.39 is 34.5 Å². The summed E-state index contributed by atoms with van der Waals surface area (Å²) in [6.45, 7) is 4.08. The lowest BCUT2D eigenvalue weighted by Crippen LogP contribution is -2.47. The lowest BCUT2D eigenvalue weighted by Gasteiger charge is -2.14. The molecule has 0 aliphatic carbocycles. The number of carbonyl (C=O) groups is 3. The van der Waals surface area contributed by atoms with E-state index in [0.717, 1.165) is 17.8 Å². The van der Waals surface area contributed by atoms with Crippen LogP contribution in [0.3, 0.4) is 0 Å². The molecule has 1 aliphatic heterocycles. The van der Waals surface area contributed by atoms with Crippen LogP contribution < -0.4 is 20.7 Å². The second-order valence-corrected chi connectivity index (χ2v) is 9.08. The van der Waals surface area contributed by atoms with E-state index in [0.29, 0.717) is 29.2 Å². The van der Waals surface area contributed by atoms with Crippen molar-refractivity contribution in [3.8, 4) is 0 Å². The fraction of sp³-hybridized carbons (Fsp3) is 0.412. The molecule has 1 atom stereocenters. The Balaban J connectivity index is 1.83. The molecule has 30 heavy (non-hydrogen) atoms. The quantitative estimate of drug-likeness (QED) is 0.312. The Morgan fingerprint density at radius 2 is 2.13 bits per heavy atom. The van der Waals surface area contributed by atoms with Crippen molar-refractivity contribution in [2.75, 3.05) is 19.6 Å². The number of sulfonamides is 1. The third-order valence-corrected chi connectivity index (χ3v) is 6.13. The summed E-state index contributed by atoms with van der Waals surface area (Å²) in [5.74, 6) is -1.70. The number of nitrogens with zero attached hydrogens (tertiary/aromatic N) is 1. The third kappa shape index (κ3) is 7.57. The Labute approximate surface area is 177 Å². The third-order valence-electron chi connectivity index (χ3n) is 3.93. The van der Waals surface area contributed by atoms with Crippen molar-refractivity contribution in [3.05, 3.63) is 33.9 Å². The van der Waals surface area contributed by atoms with Gasteiger partial charge in [-0.3, -0.25) is 24.7 Å². The minimum atomic E-state index is -3.96. The molecule has 1 aliphatic rings. The smallest absolute Gasteiger partial charge is 0.323 e. The number of nitrogens with one attached hydrogen (secondary N) is 4. The largest absolute Gasteiger partial charge is 0.480 e. The number of carboxylic acid groups (broad SMARTS) is 1. The van der Waals surface area contributed by atoms with Crippen molar-refractivity contribution in [2.24, 2.45) is 4.99 Å². The standard InChI is InChI=1S/C17H23N5O6S2/c1-2-30(27,28)22-12(16(25)26)10-20-15(24)13-6-4-11(29-13)5-7-14(23)21-17-18-8-3-9-19-17/h2,4,6,12,22H,1,3,5,7-10H2,(H,20,24)(H,25,26)(H2,18,19,21,23)/t12-/m0/s1. The normalized spacial score (nSPS) is 14.7. The van der Waals surface area contributed by atoms with Crippen LogP contribution in [0.1, 0.15) is 27.4 Å². The van der Waals surface area contributed by atoms with Gasteiger partial charge in [-0.1, -0.05) is 6.58 Å². The van der Waals surface area contributed by atoms with E-state index in [1.807, 2.05) is 4.72 Å². The molecule has 0 fully saturated rings. The number of thiophene rings is 1. The highest BCUT2D eigenvalue weighted by atomic mass is 32.2. The van der Waals surface area contributed by atoms with Crippen LogP contribution in [0, 0.1) is 0 Å². The molecule has 0 radical (unpaired) electrons. The molecule has 2 amide bonds. The monoisotopic (exact) mass is 457 g/mol. The number of aliphatic imine (C=N–C) groups is 1. The molecule has 2 rings (SSSR count). The number of carboxylic acids is 1. The van der Waals surface area contributed by atoms with Gasteiger partial charge in [0.2, 0.25) is 15.9 Å². The first-order chi connectivity index (χ1) is 14.2. The molecule has 1 aromatic heterocycles. The van der Waals surface area contributed by atoms with Crippen LogP contribution >= 0.6 is 11.3 Å². The minimum absolute atomic E-state index is 0.193. The number of amides is 2. The highest BCUT2D eigenvalue weighted by Gasteiger charge is 2.23. The molecule has 0 aromatic carbocycles. The minimum Gasteiger partial charge on any atom is -0.480 e. The van der Waals surface area contributed by atoms with Crippen LogP contribution in [-0.2, 0) is 26.0 Å². The maximum Gasteiger partial charge on any atom is 0.323 e. The van der Waals surface area contributed by atoms with E-state index in [4.69, 9.17) is 5.11 Å². The zero-order chi connectivity index (χ0) is 22.1. The number of carbonyl (C=O) groups excluding carboxylic acids is 2. The topological polar surface area (TPSA) is 166 Å². The van der Waals surface area contributed by atoms with Gasteiger partial charge in [0.15, 0.2) is 5.96 Å². The molecule has 2 heterocycles. The fourth-order valence-corrected chi connectivity index (χ4v) is 3.99. The molecule has 13 heteroatoms. The molecule has 164 valence electrons. The highest BCUT2D eigenvalue weighted by Crippen LogP contribution is 2.18. The number of aryl methyl sites for hydroxylation is 1. The van der Waals surface area contributed by atoms with Crippen molar-refractivity contribution in [1.82, 2.24) is 20.7 Å². The van der Waals surface area contributed by atoms with Crippen LogP contribution in [0.4, 0.5) is 0 Å². The maximum atomic E-state index is 12.2. The Bertz CT molecular complexity index is 940. The summed E-state index contributed by atoms with van der Waals surface area (Å²) in [7, 11) is -3.96. The molecule has 11 nitrogen and oxygen atoms in total. The van der Waals surface area contributed by atoms with Crippen LogP contribution in [0.25, 0.3) is 0 Å². The lowest BCUT2D eigenvalue weighted by molar-refractivity contribution is -0.138. The van der Waals surface area contributed by atoms with Gasteiger partial charge in [0, 0.05) is 36.3 Å². The number of rotatable bonds is 10. The molecule has 0 saturated heterocycles. The molecule has 0 spiro atoms. The number of hydrogen-bond acceptors (Lipinski definition) is 8. The second-order valence-electron chi connectivity index (χ2n) is 6.26. The molecule has 5 N–H and O–H groups in total. The van der Waals surface area contributed by atoms with Gasteiger partial charge in [0.05, 0.1) is 4.88 Å². The van der Waals surface area contributed by atoms with Gasteiger partial charge in [-0.15, -0.1) is 11.3 Å². The first-order valence-electron chi connectivity index (χ1n) is 9.03. The summed E-state index contributed by atoms with van der Waals surface area (Å²) in [5, 5.41) is 17.8. The second kappa shape index (κ2) is 10.8. The average molecular weight is 458 g/mol. The summed E-state index contributed by atoms with van der Waals surface area (Å²) >= 11 is 1.17. The molecule has 0 bridgehead atoms. The zero-order valence-electron chi connectivity index (χ0n) is 16.0. The van der Waals surface area contributed by atoms with Crippen molar-refractivity contribution in [3.63, 3.8) is 0 Å². The molecule has 0 saturated carbocycles. The van der Waals surface area contributed by atoms with Crippen molar-refractivity contribution >= 4 is 45.1 Å². The van der Waals surface area contributed by atoms with Crippen LogP contribution in [0.15, 0.2) is 29.1 Å². The summed E-state index contributed by atoms with van der Waals surface area (Å²) < 4.78 is 24.8. The van der Waals surface area contributed by atoms with E-state index in [1.165, 1.54) is 11.3 Å². The first kappa shape index (κ1) is 23.5. The van der Waals surface area contributed by atoms with E-state index >= 15 is 0 Å². The van der Waals surface area contributed by atoms with Gasteiger partial charge in [-0.25, -0.2) is 8.42 Å². The van der Waals surface area contributed by atoms with Gasteiger partial charge in [-0.2, -0.15) is 4.72 Å². The molecule has 0 unspecified atom stereocenters. The predicted molar refractivity (Wildman–Crippen MR) is 112 cm³/mol. The molecular weight excluding hydrogens is 434 g/mol. The van der Waals surface area contributed by atoms with E-state index in [2.05, 4.69) is 27.5 Å². The number of guanidine groups is 1. The summed E-state index contributed by atoms with van der Waals surface area (Å²) in [4.78, 5) is 40.7. The van der Waals surface area contributed by atoms with Crippen molar-refractivity contribution in [2.45, 2.75) is 25.3 Å². The summed E-state index contributed by atoms with van der Waals surface area (Å²) in [6, 6.07) is 1.73. The Kier molecular flexibility index (Phi) is 8.50. The van der Waals surface area contributed by atoms with Crippen molar-refractivity contribution < 1.29 is 27.9 Å². The van der Waals surface area contributed by atoms with Crippen LogP contribution in [0.5, 0.6) is 0 Å². The summed E-state index contributed by atoms with van der Waals surface area (Å²) in [6.07, 6.45) is 1.56. The van der Waals surface area contributed by atoms with Crippen LogP contribution in [0.2, 0.25) is 0 Å². The SMILES string of the molecule is C=CS(=O)(=O)N[C@@H](CNC(=O)c1ccc(CCC(=O)NC2=NCCCN2)s1)C(=O)O. The predicted octanol–water partition coefficient (Wildman–Crippen LogP) is -0.608. The van der Waals surface area contributed by atoms with Crippen LogP contribution in [-0.4, -0.2) is 62.9 Å². The number of aliphatic carboxylic acids is 1. The number of hydrogen-bond donors (Lipinski definition) is 5. The fourth-order valence-electron chi connectivity index (χ4n) is 2.39. The van der Waals surface area contributed by atoms with Gasteiger partial charge in [-0.05, 0) is 25.0 Å². The van der Waals surface area contributed by atoms with Gasteiger partial charge in [0.25, 0.3) is 5.91 Å². The Morgan fingerprint density at radius 1 is 1.37 bits per heavy atom. The first-order valence-corrected chi connectivity index (χ1v) is 11.4. The van der Waals surface area contributed by atoms with Gasteiger partial charge < -0.3 is 15.7 Å². The Morgan fingerprint density at radius 3 is 2.77 bits per heavy atom. The highest BCUT2D eigenvalue weighted by molar-refractivity contribution is 7.92. The van der Waals surface area contributed by atoms with E-state index in [9.17, 15) is 22.8 Å².